The largest absolute Gasteiger partial charge is 0.508 e. The Morgan fingerprint density at radius 3 is 2.25 bits per heavy atom. The Hall–Kier alpha value is -3.67. The number of hydrogen-bond donors (Lipinski definition) is 7. The van der Waals surface area contributed by atoms with Crippen LogP contribution in [0.15, 0.2) is 33.5 Å². The van der Waals surface area contributed by atoms with Gasteiger partial charge in [-0.3, -0.25) is 4.79 Å². The maximum atomic E-state index is 13.2. The number of aliphatic hydroxyl groups excluding tert-OH is 2. The van der Waals surface area contributed by atoms with Crippen molar-refractivity contribution in [2.24, 2.45) is 0 Å². The molecule has 1 saturated heterocycles. The predicted octanol–water partition coefficient (Wildman–Crippen LogP) is 1.22. The molecule has 2 heterocycles. The van der Waals surface area contributed by atoms with E-state index in [1.165, 1.54) is 0 Å². The molecule has 32 heavy (non-hydrogen) atoms. The van der Waals surface area contributed by atoms with Crippen LogP contribution in [-0.2, 0) is 4.74 Å². The van der Waals surface area contributed by atoms with E-state index in [9.17, 15) is 40.5 Å². The summed E-state index contributed by atoms with van der Waals surface area (Å²) in [7, 11) is 0. The van der Waals surface area contributed by atoms with E-state index in [4.69, 9.17) is 13.9 Å². The zero-order valence-electron chi connectivity index (χ0n) is 16.6. The summed E-state index contributed by atoms with van der Waals surface area (Å²) in [6.07, 6.45) is -4.51. The molecule has 0 amide bonds. The van der Waals surface area contributed by atoms with Gasteiger partial charge in [0, 0.05) is 24.1 Å². The molecule has 0 saturated carbocycles. The highest BCUT2D eigenvalue weighted by atomic mass is 16.7. The van der Waals surface area contributed by atoms with Crippen molar-refractivity contribution >= 4 is 11.0 Å². The molecular weight excluding hydrogens is 428 g/mol. The molecule has 2 aromatic carbocycles. The highest BCUT2D eigenvalue weighted by Crippen LogP contribution is 2.43. The van der Waals surface area contributed by atoms with Crippen molar-refractivity contribution in [2.45, 2.75) is 37.9 Å². The van der Waals surface area contributed by atoms with Crippen molar-refractivity contribution in [1.82, 2.24) is 0 Å². The van der Waals surface area contributed by atoms with Gasteiger partial charge in [-0.2, -0.15) is 0 Å². The summed E-state index contributed by atoms with van der Waals surface area (Å²) in [6.45, 7) is 1.54. The van der Waals surface area contributed by atoms with Crippen LogP contribution in [0.3, 0.4) is 0 Å². The molecule has 11 heteroatoms. The van der Waals surface area contributed by atoms with Gasteiger partial charge in [-0.25, -0.2) is 0 Å². The second kappa shape index (κ2) is 7.79. The molecule has 1 aliphatic rings. The molecule has 2 unspecified atom stereocenters. The normalized spacial score (nSPS) is 23.3. The minimum Gasteiger partial charge on any atom is -0.508 e. The van der Waals surface area contributed by atoms with E-state index in [0.29, 0.717) is 0 Å². The number of phenols is 5. The summed E-state index contributed by atoms with van der Waals surface area (Å²) < 4.78 is 16.7. The van der Waals surface area contributed by atoms with Crippen LogP contribution in [0.2, 0.25) is 0 Å². The first-order chi connectivity index (χ1) is 15.1. The van der Waals surface area contributed by atoms with E-state index in [1.54, 1.807) is 6.92 Å². The van der Waals surface area contributed by atoms with Gasteiger partial charge in [0.1, 0.15) is 28.6 Å². The predicted molar refractivity (Wildman–Crippen MR) is 108 cm³/mol. The Labute approximate surface area is 179 Å². The first-order valence-corrected chi connectivity index (χ1v) is 9.53. The summed E-state index contributed by atoms with van der Waals surface area (Å²) in [6, 6.07) is 3.96. The van der Waals surface area contributed by atoms with Crippen LogP contribution in [-0.4, -0.2) is 60.3 Å². The Kier molecular flexibility index (Phi) is 5.25. The zero-order chi connectivity index (χ0) is 23.3. The van der Waals surface area contributed by atoms with Crippen LogP contribution in [0, 0.1) is 0 Å². The van der Waals surface area contributed by atoms with E-state index in [1.807, 2.05) is 0 Å². The molecule has 4 atom stereocenters. The Morgan fingerprint density at radius 1 is 0.938 bits per heavy atom. The highest BCUT2D eigenvalue weighted by molar-refractivity contribution is 5.88. The van der Waals surface area contributed by atoms with Crippen molar-refractivity contribution in [1.29, 1.82) is 0 Å². The van der Waals surface area contributed by atoms with Gasteiger partial charge in [-0.05, 0) is 19.1 Å². The lowest BCUT2D eigenvalue weighted by atomic mass is 10.0. The van der Waals surface area contributed by atoms with Gasteiger partial charge >= 0.3 is 0 Å². The first-order valence-electron chi connectivity index (χ1n) is 9.53. The third-order valence-electron chi connectivity index (χ3n) is 5.17. The summed E-state index contributed by atoms with van der Waals surface area (Å²) in [4.78, 5) is 13.2. The van der Waals surface area contributed by atoms with Gasteiger partial charge in [-0.1, -0.05) is 0 Å². The lowest BCUT2D eigenvalue weighted by Gasteiger charge is -2.35. The Balaban J connectivity index is 1.94. The number of ether oxygens (including phenoxy) is 2. The number of aromatic hydroxyl groups is 5. The fourth-order valence-corrected chi connectivity index (χ4v) is 3.47. The molecule has 3 aromatic rings. The molecule has 4 rings (SSSR count). The van der Waals surface area contributed by atoms with Gasteiger partial charge < -0.3 is 49.6 Å². The van der Waals surface area contributed by atoms with Crippen molar-refractivity contribution < 1.29 is 49.6 Å². The molecular formula is C21H20O11. The van der Waals surface area contributed by atoms with Gasteiger partial charge in [0.05, 0.1) is 12.2 Å². The Morgan fingerprint density at radius 2 is 1.59 bits per heavy atom. The van der Waals surface area contributed by atoms with Crippen molar-refractivity contribution in [3.05, 3.63) is 34.5 Å². The third-order valence-corrected chi connectivity index (χ3v) is 5.17. The van der Waals surface area contributed by atoms with E-state index >= 15 is 0 Å². The van der Waals surface area contributed by atoms with E-state index < -0.39 is 64.5 Å². The minimum absolute atomic E-state index is 0.0972. The quantitative estimate of drug-likeness (QED) is 0.285. The second-order valence-corrected chi connectivity index (χ2v) is 7.49. The van der Waals surface area contributed by atoms with Crippen LogP contribution < -0.4 is 10.2 Å². The molecule has 1 aliphatic heterocycles. The molecule has 170 valence electrons. The Bertz CT molecular complexity index is 1230. The molecule has 0 aliphatic carbocycles. The van der Waals surface area contributed by atoms with Gasteiger partial charge in [0.25, 0.3) is 0 Å². The standard InChI is InChI=1S/C21H20O11/c1-7-10(23)6-14(27)21(30-7)32-20-18(29)16-11(24)4-9(22)5-15(16)31-19(20)8-2-12(25)17(28)13(26)3-8/h2-5,7,10,14,21-28H,6H2,1H3/t7-,10?,14+,21?/m0/s1. The lowest BCUT2D eigenvalue weighted by Crippen LogP contribution is -2.49. The lowest BCUT2D eigenvalue weighted by molar-refractivity contribution is -0.229. The molecule has 0 bridgehead atoms. The summed E-state index contributed by atoms with van der Waals surface area (Å²) in [5.41, 5.74) is -1.25. The smallest absolute Gasteiger partial charge is 0.239 e. The van der Waals surface area contributed by atoms with Crippen molar-refractivity contribution in [2.75, 3.05) is 0 Å². The van der Waals surface area contributed by atoms with Crippen LogP contribution >= 0.6 is 0 Å². The first kappa shape index (κ1) is 21.6. The van der Waals surface area contributed by atoms with Crippen molar-refractivity contribution in [3.63, 3.8) is 0 Å². The maximum Gasteiger partial charge on any atom is 0.239 e. The summed E-state index contributed by atoms with van der Waals surface area (Å²) in [5, 5.41) is 69.1. The van der Waals surface area contributed by atoms with Crippen molar-refractivity contribution in [3.8, 4) is 45.8 Å². The number of phenolic OH excluding ortho intramolecular Hbond substituents is 5. The maximum absolute atomic E-state index is 13.2. The fourth-order valence-electron chi connectivity index (χ4n) is 3.47. The van der Waals surface area contributed by atoms with Crippen LogP contribution in [0.5, 0.6) is 34.5 Å². The number of fused-ring (bicyclic) bond motifs is 1. The molecule has 1 fully saturated rings. The average Bonchev–Trinajstić information content (AvgIpc) is 2.70. The van der Waals surface area contributed by atoms with Crippen LogP contribution in [0.4, 0.5) is 0 Å². The highest BCUT2D eigenvalue weighted by Gasteiger charge is 2.37. The molecule has 0 radical (unpaired) electrons. The average molecular weight is 448 g/mol. The monoisotopic (exact) mass is 448 g/mol. The number of hydrogen-bond acceptors (Lipinski definition) is 11. The molecule has 0 spiro atoms. The van der Waals surface area contributed by atoms with Gasteiger partial charge in [-0.15, -0.1) is 0 Å². The third kappa shape index (κ3) is 3.62. The number of aliphatic hydroxyl groups is 2. The SMILES string of the molecule is C[C@@H]1OC(Oc2c(-c3cc(O)c(O)c(O)c3)oc3cc(O)cc(O)c3c2=O)[C@H](O)CC1O. The fraction of sp³-hybridized carbons (Fsp3) is 0.286. The van der Waals surface area contributed by atoms with Crippen LogP contribution in [0.1, 0.15) is 13.3 Å². The molecule has 11 nitrogen and oxygen atoms in total. The van der Waals surface area contributed by atoms with E-state index in [-0.39, 0.29) is 28.7 Å². The second-order valence-electron chi connectivity index (χ2n) is 7.49. The van der Waals surface area contributed by atoms with Gasteiger partial charge in [0.2, 0.25) is 17.5 Å². The van der Waals surface area contributed by atoms with Crippen LogP contribution in [0.25, 0.3) is 22.3 Å². The zero-order valence-corrected chi connectivity index (χ0v) is 16.6. The van der Waals surface area contributed by atoms with E-state index in [2.05, 4.69) is 0 Å². The summed E-state index contributed by atoms with van der Waals surface area (Å²) in [5.74, 6) is -4.15. The molecule has 7 N–H and O–H groups in total. The van der Waals surface area contributed by atoms with E-state index in [0.717, 1.165) is 24.3 Å². The number of benzene rings is 2. The topological polar surface area (TPSA) is 190 Å². The summed E-state index contributed by atoms with van der Waals surface area (Å²) >= 11 is 0. The minimum atomic E-state index is -1.40. The molecule has 1 aromatic heterocycles. The van der Waals surface area contributed by atoms with Gasteiger partial charge in [0.15, 0.2) is 23.0 Å². The number of rotatable bonds is 3.